The predicted octanol–water partition coefficient (Wildman–Crippen LogP) is 11.7. The van der Waals surface area contributed by atoms with Crippen LogP contribution >= 0.6 is 11.3 Å². The van der Waals surface area contributed by atoms with Crippen LogP contribution in [0.2, 0.25) is 0 Å². The molecule has 0 atom stereocenters. The second kappa shape index (κ2) is 15.8. The van der Waals surface area contributed by atoms with Crippen molar-refractivity contribution in [3.05, 3.63) is 203 Å². The number of benzene rings is 7. The number of rotatable bonds is 8. The predicted molar refractivity (Wildman–Crippen MR) is 249 cm³/mol. The van der Waals surface area contributed by atoms with Crippen LogP contribution in [0, 0.1) is 0 Å². The number of fused-ring (bicyclic) bond motifs is 3. The lowest BCUT2D eigenvalue weighted by Gasteiger charge is -2.13. The first-order chi connectivity index (χ1) is 30.2. The summed E-state index contributed by atoms with van der Waals surface area (Å²) in [6.07, 6.45) is 4.33. The lowest BCUT2D eigenvalue weighted by molar-refractivity contribution is 1.07. The molecule has 0 bridgehead atoms. The molecule has 7 aromatic carbocycles. The molecule has 3 heterocycles. The van der Waals surface area contributed by atoms with Gasteiger partial charge in [0.25, 0.3) is 0 Å². The Morgan fingerprint density at radius 2 is 0.705 bits per heavy atom. The minimum Gasteiger partial charge on any atom is -0.208 e. The van der Waals surface area contributed by atoms with Crippen LogP contribution < -0.4 is 9.75 Å². The molecule has 0 unspecified atom stereocenters. The van der Waals surface area contributed by atoms with Crippen LogP contribution in [-0.2, 0) is 0 Å². The summed E-state index contributed by atoms with van der Waals surface area (Å²) in [6.45, 7) is 0. The summed E-state index contributed by atoms with van der Waals surface area (Å²) in [5.74, 6) is 3.91. The van der Waals surface area contributed by atoms with Gasteiger partial charge >= 0.3 is 0 Å². The Morgan fingerprint density at radius 3 is 1.18 bits per heavy atom. The standard InChI is InChI=1S/C54H36N6S/c1-5-16-35(17-6-1)49-55-50(36-18-7-2-8-19-36)58-53(57-49)42-26-13-24-39(32-42)40-30-31-45-47(34-40)61-46-29-15-28-44(48(45)46)41-25-14-27-43(33-41)54-59-51(37-20-9-3-10-21-37)56-52(60-54)38-22-11-4-12-23-38/h1-14,16-27,29-34H,15,28H2. The Hall–Kier alpha value is -7.74. The summed E-state index contributed by atoms with van der Waals surface area (Å²) in [5, 5.41) is 2.59. The molecule has 0 N–H and O–H groups in total. The van der Waals surface area contributed by atoms with Gasteiger partial charge in [-0.2, -0.15) is 0 Å². The fraction of sp³-hybridized carbons (Fsp3) is 0.0370. The van der Waals surface area contributed by atoms with E-state index >= 15 is 0 Å². The Balaban J connectivity index is 0.978. The molecule has 3 aromatic heterocycles. The van der Waals surface area contributed by atoms with E-state index in [1.165, 1.54) is 31.0 Å². The van der Waals surface area contributed by atoms with Crippen molar-refractivity contribution in [1.29, 1.82) is 0 Å². The Kier molecular flexibility index (Phi) is 9.41. The van der Waals surface area contributed by atoms with Crippen LogP contribution in [0.25, 0.3) is 101 Å². The van der Waals surface area contributed by atoms with E-state index in [-0.39, 0.29) is 0 Å². The van der Waals surface area contributed by atoms with Gasteiger partial charge in [-0.25, -0.2) is 29.9 Å². The van der Waals surface area contributed by atoms with Gasteiger partial charge in [0.15, 0.2) is 34.9 Å². The number of hydrogen-bond acceptors (Lipinski definition) is 7. The molecule has 10 aromatic rings. The van der Waals surface area contributed by atoms with E-state index in [9.17, 15) is 0 Å². The zero-order valence-corrected chi connectivity index (χ0v) is 33.8. The number of hydrogen-bond donors (Lipinski definition) is 0. The molecular weight excluding hydrogens is 765 g/mol. The third kappa shape index (κ3) is 7.22. The molecule has 1 aliphatic carbocycles. The van der Waals surface area contributed by atoms with Crippen molar-refractivity contribution in [2.45, 2.75) is 12.8 Å². The third-order valence-electron chi connectivity index (χ3n) is 11.1. The van der Waals surface area contributed by atoms with Crippen molar-refractivity contribution in [3.8, 4) is 79.5 Å². The summed E-state index contributed by atoms with van der Waals surface area (Å²) in [6, 6.07) is 64.6. The number of aromatic nitrogens is 6. The molecule has 0 radical (unpaired) electrons. The zero-order valence-electron chi connectivity index (χ0n) is 33.0. The average molecular weight is 801 g/mol. The van der Waals surface area contributed by atoms with E-state index in [2.05, 4.69) is 72.8 Å². The molecule has 11 rings (SSSR count). The fourth-order valence-electron chi connectivity index (χ4n) is 8.07. The van der Waals surface area contributed by atoms with Gasteiger partial charge in [0.1, 0.15) is 0 Å². The third-order valence-corrected chi connectivity index (χ3v) is 12.2. The van der Waals surface area contributed by atoms with Crippen molar-refractivity contribution in [1.82, 2.24) is 29.9 Å². The monoisotopic (exact) mass is 800 g/mol. The van der Waals surface area contributed by atoms with Crippen molar-refractivity contribution < 1.29 is 0 Å². The zero-order chi connectivity index (χ0) is 40.5. The van der Waals surface area contributed by atoms with Crippen LogP contribution in [0.3, 0.4) is 0 Å². The van der Waals surface area contributed by atoms with E-state index in [0.717, 1.165) is 57.3 Å². The number of nitrogens with zero attached hydrogens (tertiary/aromatic N) is 6. The topological polar surface area (TPSA) is 77.3 Å². The molecule has 0 spiro atoms. The van der Waals surface area contributed by atoms with Crippen LogP contribution in [0.15, 0.2) is 188 Å². The van der Waals surface area contributed by atoms with Crippen molar-refractivity contribution in [3.63, 3.8) is 0 Å². The quantitative estimate of drug-likeness (QED) is 0.152. The molecule has 0 saturated heterocycles. The van der Waals surface area contributed by atoms with Gasteiger partial charge in [-0.1, -0.05) is 176 Å². The van der Waals surface area contributed by atoms with Crippen LogP contribution in [-0.4, -0.2) is 29.9 Å². The molecule has 0 saturated carbocycles. The maximum absolute atomic E-state index is 5.02. The van der Waals surface area contributed by atoms with E-state index in [1.54, 1.807) is 0 Å². The van der Waals surface area contributed by atoms with Gasteiger partial charge in [0.2, 0.25) is 0 Å². The lowest BCUT2D eigenvalue weighted by Crippen LogP contribution is -2.25. The maximum Gasteiger partial charge on any atom is 0.164 e. The summed E-state index contributed by atoms with van der Waals surface area (Å²) in [5.41, 5.74) is 10.5. The van der Waals surface area contributed by atoms with Gasteiger partial charge in [0, 0.05) is 53.2 Å². The van der Waals surface area contributed by atoms with Crippen LogP contribution in [0.5, 0.6) is 0 Å². The second-order valence-electron chi connectivity index (χ2n) is 15.0. The normalized spacial score (nSPS) is 12.2. The van der Waals surface area contributed by atoms with Crippen molar-refractivity contribution >= 4 is 33.1 Å². The molecule has 6 nitrogen and oxygen atoms in total. The number of thiophene rings is 1. The van der Waals surface area contributed by atoms with E-state index in [4.69, 9.17) is 29.9 Å². The maximum atomic E-state index is 5.02. The smallest absolute Gasteiger partial charge is 0.164 e. The highest BCUT2D eigenvalue weighted by molar-refractivity contribution is 7.17. The van der Waals surface area contributed by atoms with Gasteiger partial charge < -0.3 is 0 Å². The van der Waals surface area contributed by atoms with Crippen LogP contribution in [0.1, 0.15) is 18.4 Å². The highest BCUT2D eigenvalue weighted by Gasteiger charge is 2.18. The van der Waals surface area contributed by atoms with E-state index in [1.807, 2.05) is 133 Å². The minimum absolute atomic E-state index is 0.642. The summed E-state index contributed by atoms with van der Waals surface area (Å²) in [4.78, 5) is 29.8. The largest absolute Gasteiger partial charge is 0.208 e. The Morgan fingerprint density at radius 1 is 0.328 bits per heavy atom. The Bertz CT molecular complexity index is 3240. The fourth-order valence-corrected chi connectivity index (χ4v) is 9.31. The molecule has 61 heavy (non-hydrogen) atoms. The highest BCUT2D eigenvalue weighted by atomic mass is 32.1. The first kappa shape index (κ1) is 36.3. The first-order valence-electron chi connectivity index (χ1n) is 20.4. The van der Waals surface area contributed by atoms with Crippen LogP contribution in [0.4, 0.5) is 0 Å². The summed E-state index contributed by atoms with van der Waals surface area (Å²) >= 11 is 1.86. The van der Waals surface area contributed by atoms with Gasteiger partial charge in [0.05, 0.1) is 0 Å². The molecule has 288 valence electrons. The molecule has 1 aliphatic rings. The van der Waals surface area contributed by atoms with Gasteiger partial charge in [-0.15, -0.1) is 11.3 Å². The SMILES string of the molecule is C1=c2sc3cc(-c4cccc(-c5nc(-c6ccccc6)nc(-c6ccccc6)n5)c4)ccc3c2=C(c2cccc(-c3nc(-c4ccccc4)nc(-c4ccccc4)n3)c2)CC1. The highest BCUT2D eigenvalue weighted by Crippen LogP contribution is 2.32. The Labute approximate surface area is 357 Å². The lowest BCUT2D eigenvalue weighted by atomic mass is 9.93. The average Bonchev–Trinajstić information content (AvgIpc) is 3.73. The second-order valence-corrected chi connectivity index (χ2v) is 16.1. The molecule has 0 fully saturated rings. The molecule has 7 heteroatoms. The van der Waals surface area contributed by atoms with Gasteiger partial charge in [-0.05, 0) is 53.3 Å². The van der Waals surface area contributed by atoms with Crippen molar-refractivity contribution in [2.24, 2.45) is 0 Å². The van der Waals surface area contributed by atoms with Crippen molar-refractivity contribution in [2.75, 3.05) is 0 Å². The molecule has 0 aliphatic heterocycles. The summed E-state index contributed by atoms with van der Waals surface area (Å²) in [7, 11) is 0. The van der Waals surface area contributed by atoms with E-state index in [0.29, 0.717) is 34.9 Å². The molecular formula is C54H36N6S. The molecule has 0 amide bonds. The van der Waals surface area contributed by atoms with Gasteiger partial charge in [-0.3, -0.25) is 0 Å². The first-order valence-corrected chi connectivity index (χ1v) is 21.2. The van der Waals surface area contributed by atoms with E-state index < -0.39 is 0 Å². The summed E-state index contributed by atoms with van der Waals surface area (Å²) < 4.78 is 2.58. The minimum atomic E-state index is 0.642.